The molecule has 1 atom stereocenters. The summed E-state index contributed by atoms with van der Waals surface area (Å²) < 4.78 is 9.87. The second kappa shape index (κ2) is 12.2. The lowest BCUT2D eigenvalue weighted by Crippen LogP contribution is -2.47. The Morgan fingerprint density at radius 2 is 1.64 bits per heavy atom. The molecule has 2 aromatic rings. The van der Waals surface area contributed by atoms with Crippen LogP contribution < -0.4 is 20.7 Å². The molecule has 3 N–H and O–H groups in total. The number of carbonyl (C=O) groups excluding carboxylic acids is 4. The van der Waals surface area contributed by atoms with Crippen molar-refractivity contribution in [3.8, 4) is 5.75 Å². The fraction of sp³-hybridized carbons (Fsp3) is 0.333. The van der Waals surface area contributed by atoms with E-state index in [1.54, 1.807) is 42.5 Å². The third-order valence-electron chi connectivity index (χ3n) is 4.68. The Balaban J connectivity index is 2.05. The molecule has 9 heteroatoms. The normalized spacial score (nSPS) is 11.3. The molecule has 33 heavy (non-hydrogen) atoms. The molecule has 0 radical (unpaired) electrons. The van der Waals surface area contributed by atoms with E-state index < -0.39 is 23.8 Å². The minimum Gasteiger partial charge on any atom is -0.494 e. The topological polar surface area (TPSA) is 123 Å². The smallest absolute Gasteiger partial charge is 0.325 e. The summed E-state index contributed by atoms with van der Waals surface area (Å²) >= 11 is 0. The molecule has 0 saturated carbocycles. The van der Waals surface area contributed by atoms with Gasteiger partial charge in [0, 0.05) is 16.8 Å². The van der Waals surface area contributed by atoms with Crippen molar-refractivity contribution in [3.05, 3.63) is 59.7 Å². The quantitative estimate of drug-likeness (QED) is 0.473. The number of benzene rings is 2. The number of anilines is 1. The van der Waals surface area contributed by atoms with Crippen molar-refractivity contribution in [1.82, 2.24) is 10.6 Å². The molecule has 2 aromatic carbocycles. The van der Waals surface area contributed by atoms with Crippen LogP contribution in [0.1, 0.15) is 41.5 Å². The van der Waals surface area contributed by atoms with E-state index >= 15 is 0 Å². The van der Waals surface area contributed by atoms with Gasteiger partial charge in [-0.1, -0.05) is 19.9 Å². The highest BCUT2D eigenvalue weighted by Gasteiger charge is 2.25. The highest BCUT2D eigenvalue weighted by atomic mass is 16.5. The molecular formula is C24H29N3O6. The first-order valence-corrected chi connectivity index (χ1v) is 10.5. The van der Waals surface area contributed by atoms with Crippen LogP contribution in [0.15, 0.2) is 48.5 Å². The molecule has 0 aliphatic heterocycles. The van der Waals surface area contributed by atoms with E-state index in [0.717, 1.165) is 0 Å². The number of rotatable bonds is 10. The van der Waals surface area contributed by atoms with Gasteiger partial charge in [0.25, 0.3) is 11.8 Å². The van der Waals surface area contributed by atoms with Crippen LogP contribution in [0.3, 0.4) is 0 Å². The van der Waals surface area contributed by atoms with Gasteiger partial charge in [-0.2, -0.15) is 0 Å². The number of methoxy groups -OCH3 is 1. The van der Waals surface area contributed by atoms with Crippen molar-refractivity contribution >= 4 is 29.4 Å². The summed E-state index contributed by atoms with van der Waals surface area (Å²) in [6, 6.07) is 12.1. The second-order valence-electron chi connectivity index (χ2n) is 7.48. The fourth-order valence-electron chi connectivity index (χ4n) is 2.91. The van der Waals surface area contributed by atoms with Crippen LogP contribution in [0.4, 0.5) is 5.69 Å². The van der Waals surface area contributed by atoms with Gasteiger partial charge in [0.15, 0.2) is 0 Å². The monoisotopic (exact) mass is 455 g/mol. The van der Waals surface area contributed by atoms with Crippen LogP contribution in [0.5, 0.6) is 5.75 Å². The molecule has 3 amide bonds. The number of hydrogen-bond donors (Lipinski definition) is 3. The van der Waals surface area contributed by atoms with Gasteiger partial charge in [-0.25, -0.2) is 0 Å². The molecule has 9 nitrogen and oxygen atoms in total. The Hall–Kier alpha value is -3.88. The molecule has 1 unspecified atom stereocenters. The third kappa shape index (κ3) is 7.64. The molecule has 2 rings (SSSR count). The highest BCUT2D eigenvalue weighted by molar-refractivity contribution is 6.02. The summed E-state index contributed by atoms with van der Waals surface area (Å²) in [6.07, 6.45) is 0. The first kappa shape index (κ1) is 25.4. The number of amides is 3. The SMILES string of the molecule is CCOc1ccc(C(=O)NC(C(=O)Nc2cccc(C(=O)NCC(=O)OC)c2)C(C)C)cc1. The molecule has 0 saturated heterocycles. The highest BCUT2D eigenvalue weighted by Crippen LogP contribution is 2.15. The van der Waals surface area contributed by atoms with Crippen LogP contribution in [-0.4, -0.2) is 50.0 Å². The van der Waals surface area contributed by atoms with Gasteiger partial charge in [-0.15, -0.1) is 0 Å². The van der Waals surface area contributed by atoms with Crippen LogP contribution in [0.2, 0.25) is 0 Å². The zero-order chi connectivity index (χ0) is 24.4. The van der Waals surface area contributed by atoms with E-state index in [4.69, 9.17) is 4.74 Å². The minimum atomic E-state index is -0.805. The van der Waals surface area contributed by atoms with Gasteiger partial charge in [0.1, 0.15) is 18.3 Å². The summed E-state index contributed by atoms with van der Waals surface area (Å²) in [5, 5.41) is 7.93. The van der Waals surface area contributed by atoms with Gasteiger partial charge >= 0.3 is 5.97 Å². The Kier molecular flexibility index (Phi) is 9.41. The predicted octanol–water partition coefficient (Wildman–Crippen LogP) is 2.38. The maximum atomic E-state index is 12.9. The molecular weight excluding hydrogens is 426 g/mol. The molecule has 0 aliphatic rings. The van der Waals surface area contributed by atoms with Gasteiger partial charge in [0.05, 0.1) is 13.7 Å². The number of ether oxygens (including phenoxy) is 2. The van der Waals surface area contributed by atoms with Crippen LogP contribution >= 0.6 is 0 Å². The lowest BCUT2D eigenvalue weighted by Gasteiger charge is -2.22. The van der Waals surface area contributed by atoms with E-state index in [9.17, 15) is 19.2 Å². The van der Waals surface area contributed by atoms with Crippen LogP contribution in [0, 0.1) is 5.92 Å². The standard InChI is InChI=1S/C24H29N3O6/c1-5-33-19-11-9-16(10-12-19)23(30)27-21(15(2)3)24(31)26-18-8-6-7-17(13-18)22(29)25-14-20(28)32-4/h6-13,15,21H,5,14H2,1-4H3,(H,25,29)(H,26,31)(H,27,30). The van der Waals surface area contributed by atoms with E-state index in [2.05, 4.69) is 20.7 Å². The van der Waals surface area contributed by atoms with E-state index in [1.165, 1.54) is 13.2 Å². The van der Waals surface area contributed by atoms with E-state index in [0.29, 0.717) is 23.6 Å². The molecule has 0 spiro atoms. The maximum Gasteiger partial charge on any atom is 0.325 e. The largest absolute Gasteiger partial charge is 0.494 e. The molecule has 176 valence electrons. The van der Waals surface area contributed by atoms with E-state index in [1.807, 2.05) is 20.8 Å². The van der Waals surface area contributed by atoms with Gasteiger partial charge < -0.3 is 25.4 Å². The average Bonchev–Trinajstić information content (AvgIpc) is 2.81. The summed E-state index contributed by atoms with van der Waals surface area (Å²) in [5.74, 6) is -1.40. The molecule has 0 aromatic heterocycles. The minimum absolute atomic E-state index is 0.191. The number of hydrogen-bond acceptors (Lipinski definition) is 6. The first-order valence-electron chi connectivity index (χ1n) is 10.5. The summed E-state index contributed by atoms with van der Waals surface area (Å²) in [6.45, 7) is 5.77. The van der Waals surface area contributed by atoms with Gasteiger partial charge in [-0.05, 0) is 55.3 Å². The van der Waals surface area contributed by atoms with Crippen molar-refractivity contribution in [2.75, 3.05) is 25.6 Å². The Morgan fingerprint density at radius 1 is 0.939 bits per heavy atom. The summed E-state index contributed by atoms with van der Waals surface area (Å²) in [5.41, 5.74) is 1.05. The van der Waals surface area contributed by atoms with Gasteiger partial charge in [-0.3, -0.25) is 19.2 Å². The first-order chi connectivity index (χ1) is 15.7. The average molecular weight is 456 g/mol. The molecule has 0 fully saturated rings. The number of nitrogens with one attached hydrogen (secondary N) is 3. The third-order valence-corrected chi connectivity index (χ3v) is 4.68. The Morgan fingerprint density at radius 3 is 2.24 bits per heavy atom. The Bertz CT molecular complexity index is 988. The number of carbonyl (C=O) groups is 4. The van der Waals surface area contributed by atoms with Crippen molar-refractivity contribution in [2.45, 2.75) is 26.8 Å². The second-order valence-corrected chi connectivity index (χ2v) is 7.48. The van der Waals surface area contributed by atoms with Crippen molar-refractivity contribution < 1.29 is 28.7 Å². The van der Waals surface area contributed by atoms with Crippen molar-refractivity contribution in [2.24, 2.45) is 5.92 Å². The van der Waals surface area contributed by atoms with Crippen molar-refractivity contribution in [3.63, 3.8) is 0 Å². The molecule has 0 heterocycles. The fourth-order valence-corrected chi connectivity index (χ4v) is 2.91. The van der Waals surface area contributed by atoms with Crippen LogP contribution in [-0.2, 0) is 14.3 Å². The lowest BCUT2D eigenvalue weighted by molar-refractivity contribution is -0.139. The van der Waals surface area contributed by atoms with Gasteiger partial charge in [0.2, 0.25) is 5.91 Å². The maximum absolute atomic E-state index is 12.9. The number of esters is 1. The van der Waals surface area contributed by atoms with E-state index in [-0.39, 0.29) is 23.9 Å². The Labute approximate surface area is 192 Å². The summed E-state index contributed by atoms with van der Waals surface area (Å²) in [7, 11) is 1.23. The zero-order valence-corrected chi connectivity index (χ0v) is 19.1. The summed E-state index contributed by atoms with van der Waals surface area (Å²) in [4.78, 5) is 49.0. The zero-order valence-electron chi connectivity index (χ0n) is 19.1. The lowest BCUT2D eigenvalue weighted by atomic mass is 10.0. The van der Waals surface area contributed by atoms with Crippen molar-refractivity contribution in [1.29, 1.82) is 0 Å². The molecule has 0 bridgehead atoms. The van der Waals surface area contributed by atoms with Crippen LogP contribution in [0.25, 0.3) is 0 Å². The molecule has 0 aliphatic carbocycles. The predicted molar refractivity (Wildman–Crippen MR) is 123 cm³/mol.